The number of hydrogen-bond donors (Lipinski definition) is 3. The third-order valence-corrected chi connectivity index (χ3v) is 4.26. The highest BCUT2D eigenvalue weighted by Crippen LogP contribution is 2.23. The maximum atomic E-state index is 12.4. The van der Waals surface area contributed by atoms with Gasteiger partial charge in [0.2, 0.25) is 0 Å². The average molecular weight is 338 g/mol. The Bertz CT molecular complexity index is 752. The second-order valence-electron chi connectivity index (χ2n) is 6.03. The van der Waals surface area contributed by atoms with Crippen molar-refractivity contribution in [3.05, 3.63) is 59.7 Å². The number of carbonyl (C=O) groups is 2. The van der Waals surface area contributed by atoms with Gasteiger partial charge in [0, 0.05) is 25.2 Å². The summed E-state index contributed by atoms with van der Waals surface area (Å²) < 4.78 is 0. The summed E-state index contributed by atoms with van der Waals surface area (Å²) >= 11 is 0. The first kappa shape index (κ1) is 17.0. The van der Waals surface area contributed by atoms with Gasteiger partial charge in [-0.1, -0.05) is 24.3 Å². The van der Waals surface area contributed by atoms with Crippen molar-refractivity contribution in [3.63, 3.8) is 0 Å². The molecular formula is C19H22N4O2. The van der Waals surface area contributed by atoms with Crippen LogP contribution in [0.15, 0.2) is 48.5 Å². The molecule has 4 N–H and O–H groups in total. The molecule has 3 rings (SSSR count). The average Bonchev–Trinajstić information content (AvgIpc) is 3.18. The largest absolute Gasteiger partial charge is 0.326 e. The molecule has 0 spiro atoms. The van der Waals surface area contributed by atoms with Crippen molar-refractivity contribution >= 4 is 23.3 Å². The molecule has 6 nitrogen and oxygen atoms in total. The zero-order chi connectivity index (χ0) is 17.6. The number of amides is 3. The molecule has 0 saturated carbocycles. The summed E-state index contributed by atoms with van der Waals surface area (Å²) in [5, 5.41) is 5.74. The Hall–Kier alpha value is -2.86. The van der Waals surface area contributed by atoms with Crippen LogP contribution in [-0.2, 0) is 6.54 Å². The van der Waals surface area contributed by atoms with Crippen molar-refractivity contribution < 1.29 is 9.59 Å². The lowest BCUT2D eigenvalue weighted by Crippen LogP contribution is -2.32. The Morgan fingerprint density at radius 3 is 2.12 bits per heavy atom. The highest BCUT2D eigenvalue weighted by atomic mass is 16.2. The maximum absolute atomic E-state index is 12.4. The number of benzene rings is 2. The van der Waals surface area contributed by atoms with Crippen LogP contribution < -0.4 is 16.4 Å². The number of nitrogens with zero attached hydrogens (tertiary/aromatic N) is 1. The first-order valence-electron chi connectivity index (χ1n) is 8.42. The molecular weight excluding hydrogens is 316 g/mol. The molecule has 1 aliphatic heterocycles. The van der Waals surface area contributed by atoms with Gasteiger partial charge in [-0.2, -0.15) is 0 Å². The molecule has 2 aromatic rings. The quantitative estimate of drug-likeness (QED) is 0.801. The van der Waals surface area contributed by atoms with Gasteiger partial charge in [-0.15, -0.1) is 0 Å². The fourth-order valence-electron chi connectivity index (χ4n) is 2.80. The van der Waals surface area contributed by atoms with Crippen LogP contribution in [0.2, 0.25) is 0 Å². The first-order valence-corrected chi connectivity index (χ1v) is 8.42. The fourth-order valence-corrected chi connectivity index (χ4v) is 2.80. The smallest absolute Gasteiger partial charge is 0.321 e. The number of para-hydroxylation sites is 2. The van der Waals surface area contributed by atoms with E-state index >= 15 is 0 Å². The Morgan fingerprint density at radius 1 is 0.920 bits per heavy atom. The SMILES string of the molecule is NCc1ccc(C(=O)Nc2ccccc2NC(=O)N2CCCC2)cc1. The van der Waals surface area contributed by atoms with Crippen LogP contribution in [0.1, 0.15) is 28.8 Å². The fraction of sp³-hybridized carbons (Fsp3) is 0.263. The van der Waals surface area contributed by atoms with E-state index in [2.05, 4.69) is 10.6 Å². The molecule has 6 heteroatoms. The van der Waals surface area contributed by atoms with Gasteiger partial charge in [-0.25, -0.2) is 4.79 Å². The van der Waals surface area contributed by atoms with Crippen molar-refractivity contribution in [2.24, 2.45) is 5.73 Å². The normalized spacial score (nSPS) is 13.6. The number of likely N-dealkylation sites (tertiary alicyclic amines) is 1. The van der Waals surface area contributed by atoms with E-state index in [0.29, 0.717) is 23.5 Å². The Kier molecular flexibility index (Phi) is 5.30. The summed E-state index contributed by atoms with van der Waals surface area (Å²) in [6.45, 7) is 1.98. The third kappa shape index (κ3) is 4.16. The number of rotatable bonds is 4. The molecule has 0 aliphatic carbocycles. The molecule has 0 atom stereocenters. The van der Waals surface area contributed by atoms with E-state index in [4.69, 9.17) is 5.73 Å². The zero-order valence-corrected chi connectivity index (χ0v) is 14.0. The summed E-state index contributed by atoms with van der Waals surface area (Å²) in [5.41, 5.74) is 8.24. The third-order valence-electron chi connectivity index (χ3n) is 4.26. The minimum Gasteiger partial charge on any atom is -0.326 e. The van der Waals surface area contributed by atoms with Gasteiger partial charge in [0.15, 0.2) is 0 Å². The van der Waals surface area contributed by atoms with Crippen LogP contribution in [0.4, 0.5) is 16.2 Å². The van der Waals surface area contributed by atoms with E-state index in [1.165, 1.54) is 0 Å². The molecule has 1 heterocycles. The Morgan fingerprint density at radius 2 is 1.52 bits per heavy atom. The monoisotopic (exact) mass is 338 g/mol. The minimum absolute atomic E-state index is 0.133. The van der Waals surface area contributed by atoms with Crippen LogP contribution >= 0.6 is 0 Å². The standard InChI is InChI=1S/C19H22N4O2/c20-13-14-7-9-15(10-8-14)18(24)21-16-5-1-2-6-17(16)22-19(25)23-11-3-4-12-23/h1-2,5-10H,3-4,11-13,20H2,(H,21,24)(H,22,25). The molecule has 1 fully saturated rings. The van der Waals surface area contributed by atoms with E-state index in [0.717, 1.165) is 31.5 Å². The van der Waals surface area contributed by atoms with Crippen LogP contribution in [-0.4, -0.2) is 29.9 Å². The summed E-state index contributed by atoms with van der Waals surface area (Å²) in [6.07, 6.45) is 2.06. The van der Waals surface area contributed by atoms with E-state index in [1.54, 1.807) is 29.2 Å². The van der Waals surface area contributed by atoms with E-state index < -0.39 is 0 Å². The van der Waals surface area contributed by atoms with Gasteiger partial charge in [0.25, 0.3) is 5.91 Å². The molecule has 1 saturated heterocycles. The summed E-state index contributed by atoms with van der Waals surface area (Å²) in [5.74, 6) is -0.230. The molecule has 3 amide bonds. The van der Waals surface area contributed by atoms with Crippen molar-refractivity contribution in [2.75, 3.05) is 23.7 Å². The predicted octanol–water partition coefficient (Wildman–Crippen LogP) is 3.03. The summed E-state index contributed by atoms with van der Waals surface area (Å²) in [4.78, 5) is 26.5. The lowest BCUT2D eigenvalue weighted by molar-refractivity contribution is 0.102. The molecule has 25 heavy (non-hydrogen) atoms. The summed E-state index contributed by atoms with van der Waals surface area (Å²) in [6, 6.07) is 14.2. The van der Waals surface area contributed by atoms with Crippen LogP contribution in [0.3, 0.4) is 0 Å². The second kappa shape index (κ2) is 7.81. The summed E-state index contributed by atoms with van der Waals surface area (Å²) in [7, 11) is 0. The topological polar surface area (TPSA) is 87.5 Å². The van der Waals surface area contributed by atoms with Gasteiger partial charge in [-0.3, -0.25) is 4.79 Å². The van der Waals surface area contributed by atoms with Crippen molar-refractivity contribution in [3.8, 4) is 0 Å². The van der Waals surface area contributed by atoms with Crippen LogP contribution in [0, 0.1) is 0 Å². The number of urea groups is 1. The van der Waals surface area contributed by atoms with Gasteiger partial charge >= 0.3 is 6.03 Å². The molecule has 0 unspecified atom stereocenters. The van der Waals surface area contributed by atoms with Gasteiger partial charge in [-0.05, 0) is 42.7 Å². The lowest BCUT2D eigenvalue weighted by atomic mass is 10.1. The van der Waals surface area contributed by atoms with Crippen molar-refractivity contribution in [1.29, 1.82) is 0 Å². The van der Waals surface area contributed by atoms with E-state index in [-0.39, 0.29) is 11.9 Å². The van der Waals surface area contributed by atoms with Gasteiger partial charge in [0.05, 0.1) is 11.4 Å². The highest BCUT2D eigenvalue weighted by Gasteiger charge is 2.19. The number of hydrogen-bond acceptors (Lipinski definition) is 3. The highest BCUT2D eigenvalue weighted by molar-refractivity contribution is 6.07. The number of anilines is 2. The molecule has 0 bridgehead atoms. The number of nitrogens with one attached hydrogen (secondary N) is 2. The van der Waals surface area contributed by atoms with Crippen molar-refractivity contribution in [1.82, 2.24) is 4.90 Å². The Labute approximate surface area is 147 Å². The van der Waals surface area contributed by atoms with Gasteiger partial charge in [0.1, 0.15) is 0 Å². The molecule has 0 aromatic heterocycles. The van der Waals surface area contributed by atoms with E-state index in [1.807, 2.05) is 24.3 Å². The molecule has 0 radical (unpaired) electrons. The number of carbonyl (C=O) groups excluding carboxylic acids is 2. The molecule has 1 aliphatic rings. The predicted molar refractivity (Wildman–Crippen MR) is 98.6 cm³/mol. The molecule has 130 valence electrons. The zero-order valence-electron chi connectivity index (χ0n) is 14.0. The van der Waals surface area contributed by atoms with Crippen molar-refractivity contribution in [2.45, 2.75) is 19.4 Å². The second-order valence-corrected chi connectivity index (χ2v) is 6.03. The van der Waals surface area contributed by atoms with E-state index in [9.17, 15) is 9.59 Å². The maximum Gasteiger partial charge on any atom is 0.321 e. The number of nitrogens with two attached hydrogens (primary N) is 1. The van der Waals surface area contributed by atoms with Gasteiger partial charge < -0.3 is 21.3 Å². The van der Waals surface area contributed by atoms with Crippen LogP contribution in [0.5, 0.6) is 0 Å². The van der Waals surface area contributed by atoms with Crippen LogP contribution in [0.25, 0.3) is 0 Å². The minimum atomic E-state index is -0.230. The first-order chi connectivity index (χ1) is 12.2. The Balaban J connectivity index is 1.71. The molecule has 2 aromatic carbocycles. The lowest BCUT2D eigenvalue weighted by Gasteiger charge is -2.18.